The van der Waals surface area contributed by atoms with Gasteiger partial charge >= 0.3 is 6.03 Å². The van der Waals surface area contributed by atoms with E-state index in [2.05, 4.69) is 20.9 Å². The first-order valence-electron chi connectivity index (χ1n) is 12.2. The van der Waals surface area contributed by atoms with Crippen molar-refractivity contribution in [1.82, 2.24) is 9.88 Å². The Bertz CT molecular complexity index is 1370. The summed E-state index contributed by atoms with van der Waals surface area (Å²) in [4.78, 5) is 43.7. The Hall–Kier alpha value is -4.54. The number of benzene rings is 2. The topological polar surface area (TPSA) is 113 Å². The molecule has 1 aromatic heterocycles. The molecule has 2 aliphatic rings. The van der Waals surface area contributed by atoms with Gasteiger partial charge in [-0.3, -0.25) is 14.9 Å². The zero-order valence-corrected chi connectivity index (χ0v) is 20.3. The quantitative estimate of drug-likeness (QED) is 0.373. The molecule has 9 nitrogen and oxygen atoms in total. The molecular weight excluding hydrogens is 496 g/mol. The number of rotatable bonds is 7. The number of ether oxygens (including phenoxy) is 1. The molecule has 1 saturated heterocycles. The zero-order valence-electron chi connectivity index (χ0n) is 20.3. The third-order valence-electron chi connectivity index (χ3n) is 6.50. The molecule has 196 valence electrons. The van der Waals surface area contributed by atoms with Crippen LogP contribution in [0.25, 0.3) is 0 Å². The Morgan fingerprint density at radius 3 is 2.16 bits per heavy atom. The molecule has 5 rings (SSSR count). The highest BCUT2D eigenvalue weighted by atomic mass is 19.1. The Balaban J connectivity index is 1.20. The van der Waals surface area contributed by atoms with Gasteiger partial charge in [-0.2, -0.15) is 0 Å². The van der Waals surface area contributed by atoms with Gasteiger partial charge in [0.2, 0.25) is 11.8 Å². The van der Waals surface area contributed by atoms with Crippen molar-refractivity contribution in [1.29, 1.82) is 0 Å². The molecule has 0 spiro atoms. The third-order valence-corrected chi connectivity index (χ3v) is 6.50. The van der Waals surface area contributed by atoms with Crippen LogP contribution in [0.5, 0.6) is 11.5 Å². The van der Waals surface area contributed by atoms with Crippen LogP contribution < -0.4 is 20.7 Å². The van der Waals surface area contributed by atoms with Gasteiger partial charge in [-0.05, 0) is 68.1 Å². The van der Waals surface area contributed by atoms with Gasteiger partial charge in [0.15, 0.2) is 11.6 Å². The third kappa shape index (κ3) is 5.56. The standard InChI is InChI=1S/C27H25F2N5O4/c28-17-3-5-18(6-4-17)31-24(35)27(10-11-27)25(36)32-19-7-8-22(21(29)15-19)38-20-9-12-30-23(16-20)33-26(37)34-13-1-2-14-34/h3-9,12,15-16H,1-2,10-11,13-14H2,(H,31,35)(H,32,36)(H,30,33,37). The Morgan fingerprint density at radius 2 is 1.50 bits per heavy atom. The second-order valence-corrected chi connectivity index (χ2v) is 9.25. The number of likely N-dealkylation sites (tertiary alicyclic amines) is 1. The molecule has 1 aliphatic carbocycles. The number of anilines is 3. The molecule has 38 heavy (non-hydrogen) atoms. The summed E-state index contributed by atoms with van der Waals surface area (Å²) >= 11 is 0. The maximum atomic E-state index is 14.8. The fourth-order valence-electron chi connectivity index (χ4n) is 4.16. The Labute approximate surface area is 217 Å². The van der Waals surface area contributed by atoms with Crippen LogP contribution in [0.15, 0.2) is 60.8 Å². The molecule has 0 unspecified atom stereocenters. The summed E-state index contributed by atoms with van der Waals surface area (Å²) < 4.78 is 33.5. The first-order chi connectivity index (χ1) is 18.3. The molecule has 0 atom stereocenters. The lowest BCUT2D eigenvalue weighted by atomic mass is 10.0. The number of hydrogen-bond acceptors (Lipinski definition) is 5. The van der Waals surface area contributed by atoms with Crippen LogP contribution in [0.2, 0.25) is 0 Å². The lowest BCUT2D eigenvalue weighted by Crippen LogP contribution is -2.35. The van der Waals surface area contributed by atoms with Crippen LogP contribution in [-0.4, -0.2) is 40.8 Å². The van der Waals surface area contributed by atoms with Crippen molar-refractivity contribution in [2.45, 2.75) is 25.7 Å². The summed E-state index contributed by atoms with van der Waals surface area (Å²) in [7, 11) is 0. The van der Waals surface area contributed by atoms with E-state index in [0.717, 1.165) is 18.9 Å². The summed E-state index contributed by atoms with van der Waals surface area (Å²) in [5, 5.41) is 7.92. The smallest absolute Gasteiger partial charge is 0.323 e. The summed E-state index contributed by atoms with van der Waals surface area (Å²) in [6.07, 6.45) is 4.05. The fourth-order valence-corrected chi connectivity index (χ4v) is 4.16. The van der Waals surface area contributed by atoms with Gasteiger partial charge in [0.25, 0.3) is 0 Å². The van der Waals surface area contributed by atoms with Gasteiger partial charge in [-0.1, -0.05) is 0 Å². The maximum absolute atomic E-state index is 14.8. The van der Waals surface area contributed by atoms with Gasteiger partial charge in [-0.15, -0.1) is 0 Å². The number of hydrogen-bond donors (Lipinski definition) is 3. The summed E-state index contributed by atoms with van der Waals surface area (Å²) in [6.45, 7) is 1.38. The van der Waals surface area contributed by atoms with Crippen molar-refractivity contribution in [3.63, 3.8) is 0 Å². The van der Waals surface area contributed by atoms with Crippen LogP contribution in [0, 0.1) is 17.0 Å². The summed E-state index contributed by atoms with van der Waals surface area (Å²) in [5.41, 5.74) is -0.737. The fraction of sp³-hybridized carbons (Fsp3) is 0.259. The SMILES string of the molecule is O=C(Nc1cc(Oc2ccc(NC(=O)C3(C(=O)Nc4ccc(F)cc4)CC3)cc2F)ccn1)N1CCCC1. The number of carbonyl (C=O) groups is 3. The zero-order chi connectivity index (χ0) is 26.7. The predicted molar refractivity (Wildman–Crippen MR) is 136 cm³/mol. The van der Waals surface area contributed by atoms with E-state index in [9.17, 15) is 23.2 Å². The van der Waals surface area contributed by atoms with Crippen LogP contribution in [0.4, 0.5) is 30.8 Å². The van der Waals surface area contributed by atoms with E-state index in [1.807, 2.05) is 0 Å². The molecule has 4 amide bonds. The second kappa shape index (κ2) is 10.4. The average molecular weight is 522 g/mol. The van der Waals surface area contributed by atoms with E-state index in [0.29, 0.717) is 31.6 Å². The van der Waals surface area contributed by atoms with Crippen LogP contribution in [0.1, 0.15) is 25.7 Å². The average Bonchev–Trinajstić information content (AvgIpc) is 3.53. The summed E-state index contributed by atoms with van der Waals surface area (Å²) in [6, 6.07) is 11.9. The number of aromatic nitrogens is 1. The number of amides is 4. The lowest BCUT2D eigenvalue weighted by molar-refractivity contribution is -0.131. The first-order valence-corrected chi connectivity index (χ1v) is 12.2. The van der Waals surface area contributed by atoms with E-state index >= 15 is 0 Å². The van der Waals surface area contributed by atoms with Crippen molar-refractivity contribution in [3.05, 3.63) is 72.4 Å². The molecule has 0 bridgehead atoms. The van der Waals surface area contributed by atoms with E-state index in [4.69, 9.17) is 4.74 Å². The number of nitrogens with one attached hydrogen (secondary N) is 3. The number of nitrogens with zero attached hydrogens (tertiary/aromatic N) is 2. The van der Waals surface area contributed by atoms with Crippen LogP contribution in [-0.2, 0) is 9.59 Å². The molecular formula is C27H25F2N5O4. The molecule has 11 heteroatoms. The second-order valence-electron chi connectivity index (χ2n) is 9.25. The van der Waals surface area contributed by atoms with Gasteiger partial charge in [-0.25, -0.2) is 18.6 Å². The van der Waals surface area contributed by atoms with E-state index in [1.54, 1.807) is 4.90 Å². The van der Waals surface area contributed by atoms with Gasteiger partial charge in [0.1, 0.15) is 22.8 Å². The minimum Gasteiger partial charge on any atom is -0.454 e. The first kappa shape index (κ1) is 25.1. The molecule has 3 aromatic rings. The number of halogens is 2. The van der Waals surface area contributed by atoms with Crippen LogP contribution >= 0.6 is 0 Å². The monoisotopic (exact) mass is 521 g/mol. The number of carbonyl (C=O) groups excluding carboxylic acids is 3. The van der Waals surface area contributed by atoms with Crippen molar-refractivity contribution in [2.75, 3.05) is 29.0 Å². The molecule has 2 aromatic carbocycles. The van der Waals surface area contributed by atoms with Gasteiger partial charge in [0.05, 0.1) is 0 Å². The molecule has 1 saturated carbocycles. The summed E-state index contributed by atoms with van der Waals surface area (Å²) in [5.74, 6) is -1.79. The minimum absolute atomic E-state index is 0.0961. The number of urea groups is 1. The van der Waals surface area contributed by atoms with E-state index < -0.39 is 28.9 Å². The molecule has 2 fully saturated rings. The van der Waals surface area contributed by atoms with E-state index in [-0.39, 0.29) is 29.0 Å². The Morgan fingerprint density at radius 1 is 0.842 bits per heavy atom. The van der Waals surface area contributed by atoms with Crippen molar-refractivity contribution in [3.8, 4) is 11.5 Å². The van der Waals surface area contributed by atoms with Crippen molar-refractivity contribution < 1.29 is 27.9 Å². The highest BCUT2D eigenvalue weighted by Gasteiger charge is 2.56. The molecule has 2 heterocycles. The normalized spacial score (nSPS) is 15.5. The predicted octanol–water partition coefficient (Wildman–Crippen LogP) is 5.14. The number of pyridine rings is 1. The largest absolute Gasteiger partial charge is 0.454 e. The molecule has 0 radical (unpaired) electrons. The van der Waals surface area contributed by atoms with E-state index in [1.165, 1.54) is 54.7 Å². The molecule has 3 N–H and O–H groups in total. The highest BCUT2D eigenvalue weighted by Crippen LogP contribution is 2.47. The minimum atomic E-state index is -1.27. The highest BCUT2D eigenvalue weighted by molar-refractivity contribution is 6.16. The molecule has 1 aliphatic heterocycles. The Kier molecular flexibility index (Phi) is 6.91. The van der Waals surface area contributed by atoms with Crippen molar-refractivity contribution >= 4 is 35.0 Å². The van der Waals surface area contributed by atoms with Crippen LogP contribution in [0.3, 0.4) is 0 Å². The van der Waals surface area contributed by atoms with Gasteiger partial charge in [0, 0.05) is 42.8 Å². The van der Waals surface area contributed by atoms with Gasteiger partial charge < -0.3 is 20.3 Å². The lowest BCUT2D eigenvalue weighted by Gasteiger charge is -2.16. The maximum Gasteiger partial charge on any atom is 0.323 e. The van der Waals surface area contributed by atoms with Crippen molar-refractivity contribution in [2.24, 2.45) is 5.41 Å².